The molecule has 0 bridgehead atoms. The van der Waals surface area contributed by atoms with Crippen LogP contribution in [0.2, 0.25) is 0 Å². The summed E-state index contributed by atoms with van der Waals surface area (Å²) in [5, 5.41) is 2.94. The van der Waals surface area contributed by atoms with E-state index >= 15 is 0 Å². The molecular formula is C22H28N3O4+. The number of nitrogens with one attached hydrogen (secondary N) is 2. The second kappa shape index (κ2) is 8.96. The summed E-state index contributed by atoms with van der Waals surface area (Å²) in [5.41, 5.74) is 7.40. The SMILES string of the molecule is COc1ccc([C@H]2CCC[NH+]2[C@@H](C)C(=O)Nc2ccc(C(N)=O)cc2)c(OC)c1. The minimum Gasteiger partial charge on any atom is -0.497 e. The van der Waals surface area contributed by atoms with Crippen LogP contribution in [0.1, 0.15) is 41.7 Å². The Hall–Kier alpha value is -3.06. The van der Waals surface area contributed by atoms with Crippen LogP contribution >= 0.6 is 0 Å². The first-order valence-electron chi connectivity index (χ1n) is 9.72. The number of quaternary nitrogens is 1. The van der Waals surface area contributed by atoms with Crippen LogP contribution in [0.25, 0.3) is 0 Å². The number of anilines is 1. The number of nitrogens with two attached hydrogens (primary N) is 1. The second-order valence-electron chi connectivity index (χ2n) is 7.28. The van der Waals surface area contributed by atoms with E-state index in [4.69, 9.17) is 15.2 Å². The molecule has 7 nitrogen and oxygen atoms in total. The number of carbonyl (C=O) groups excluding carboxylic acids is 2. The van der Waals surface area contributed by atoms with Crippen LogP contribution in [0, 0.1) is 0 Å². The highest BCUT2D eigenvalue weighted by Crippen LogP contribution is 2.32. The van der Waals surface area contributed by atoms with Gasteiger partial charge in [0.25, 0.3) is 5.91 Å². The number of hydrogen-bond donors (Lipinski definition) is 3. The summed E-state index contributed by atoms with van der Waals surface area (Å²) in [6.07, 6.45) is 2.03. The molecule has 1 aliphatic rings. The largest absolute Gasteiger partial charge is 0.497 e. The maximum atomic E-state index is 12.9. The quantitative estimate of drug-likeness (QED) is 0.660. The third-order valence-electron chi connectivity index (χ3n) is 5.61. The lowest BCUT2D eigenvalue weighted by atomic mass is 10.0. The van der Waals surface area contributed by atoms with Crippen molar-refractivity contribution in [1.82, 2.24) is 0 Å². The molecule has 1 saturated heterocycles. The summed E-state index contributed by atoms with van der Waals surface area (Å²) in [4.78, 5) is 25.3. The highest BCUT2D eigenvalue weighted by Gasteiger charge is 2.38. The van der Waals surface area contributed by atoms with Gasteiger partial charge in [0.2, 0.25) is 5.91 Å². The van der Waals surface area contributed by atoms with Gasteiger partial charge in [-0.2, -0.15) is 0 Å². The standard InChI is InChI=1S/C22H27N3O4/c1-14(22(27)24-16-8-6-15(7-9-16)21(23)26)25-12-4-5-19(25)18-11-10-17(28-2)13-20(18)29-3/h6-11,13-14,19H,4-5,12H2,1-3H3,(H2,23,26)(H,24,27)/p+1/t14-,19+/m0/s1. The third-order valence-corrected chi connectivity index (χ3v) is 5.61. The molecule has 0 spiro atoms. The Labute approximate surface area is 170 Å². The zero-order chi connectivity index (χ0) is 21.0. The van der Waals surface area contributed by atoms with E-state index in [2.05, 4.69) is 5.32 Å². The monoisotopic (exact) mass is 398 g/mol. The van der Waals surface area contributed by atoms with Crippen LogP contribution in [0.4, 0.5) is 5.69 Å². The van der Waals surface area contributed by atoms with Gasteiger partial charge in [-0.25, -0.2) is 0 Å². The molecule has 29 heavy (non-hydrogen) atoms. The molecule has 0 aliphatic carbocycles. The Morgan fingerprint density at radius 3 is 2.48 bits per heavy atom. The van der Waals surface area contributed by atoms with Crippen molar-refractivity contribution in [3.05, 3.63) is 53.6 Å². The van der Waals surface area contributed by atoms with Crippen molar-refractivity contribution in [2.45, 2.75) is 31.8 Å². The minimum atomic E-state index is -0.492. The molecule has 0 radical (unpaired) electrons. The number of methoxy groups -OCH3 is 2. The Morgan fingerprint density at radius 1 is 1.14 bits per heavy atom. The van der Waals surface area contributed by atoms with Gasteiger partial charge in [0.05, 0.1) is 26.3 Å². The number of benzene rings is 2. The highest BCUT2D eigenvalue weighted by molar-refractivity contribution is 5.95. The Morgan fingerprint density at radius 2 is 1.86 bits per heavy atom. The first-order chi connectivity index (χ1) is 13.9. The number of primary amides is 1. The topological polar surface area (TPSA) is 95.1 Å². The number of amides is 2. The number of carbonyl (C=O) groups is 2. The lowest BCUT2D eigenvalue weighted by Crippen LogP contribution is -3.15. The average molecular weight is 398 g/mol. The fourth-order valence-electron chi connectivity index (χ4n) is 3.99. The van der Waals surface area contributed by atoms with Crippen LogP contribution in [-0.4, -0.2) is 38.6 Å². The van der Waals surface area contributed by atoms with E-state index < -0.39 is 5.91 Å². The van der Waals surface area contributed by atoms with Crippen molar-refractivity contribution in [3.8, 4) is 11.5 Å². The van der Waals surface area contributed by atoms with Crippen molar-refractivity contribution in [1.29, 1.82) is 0 Å². The number of ether oxygens (including phenoxy) is 2. The molecule has 0 aromatic heterocycles. The normalized spacial score (nSPS) is 19.4. The lowest BCUT2D eigenvalue weighted by molar-refractivity contribution is -0.932. The summed E-state index contributed by atoms with van der Waals surface area (Å²) in [6.45, 7) is 2.85. The first kappa shape index (κ1) is 20.7. The van der Waals surface area contributed by atoms with Gasteiger partial charge < -0.3 is 25.4 Å². The molecular weight excluding hydrogens is 370 g/mol. The van der Waals surface area contributed by atoms with Crippen molar-refractivity contribution in [2.75, 3.05) is 26.1 Å². The van der Waals surface area contributed by atoms with Gasteiger partial charge in [-0.1, -0.05) is 0 Å². The Kier molecular flexibility index (Phi) is 6.39. The molecule has 1 unspecified atom stereocenters. The predicted octanol–water partition coefficient (Wildman–Crippen LogP) is 1.55. The van der Waals surface area contributed by atoms with Crippen molar-refractivity contribution < 1.29 is 24.0 Å². The molecule has 1 fully saturated rings. The molecule has 154 valence electrons. The molecule has 2 aromatic rings. The van der Waals surface area contributed by atoms with Crippen LogP contribution in [0.5, 0.6) is 11.5 Å². The summed E-state index contributed by atoms with van der Waals surface area (Å²) in [5.74, 6) is 0.971. The third kappa shape index (κ3) is 4.51. The number of rotatable bonds is 7. The zero-order valence-electron chi connectivity index (χ0n) is 17.0. The summed E-state index contributed by atoms with van der Waals surface area (Å²) >= 11 is 0. The van der Waals surface area contributed by atoms with Gasteiger partial charge in [-0.3, -0.25) is 9.59 Å². The predicted molar refractivity (Wildman–Crippen MR) is 110 cm³/mol. The Bertz CT molecular complexity index is 882. The number of hydrogen-bond acceptors (Lipinski definition) is 4. The summed E-state index contributed by atoms with van der Waals surface area (Å²) in [6, 6.07) is 12.4. The van der Waals surface area contributed by atoms with Crippen molar-refractivity contribution in [3.63, 3.8) is 0 Å². The van der Waals surface area contributed by atoms with Crippen LogP contribution in [0.15, 0.2) is 42.5 Å². The van der Waals surface area contributed by atoms with E-state index in [1.807, 2.05) is 25.1 Å². The summed E-state index contributed by atoms with van der Waals surface area (Å²) in [7, 11) is 3.28. The average Bonchev–Trinajstić information content (AvgIpc) is 3.22. The lowest BCUT2D eigenvalue weighted by Gasteiger charge is -2.28. The fourth-order valence-corrected chi connectivity index (χ4v) is 3.99. The number of likely N-dealkylation sites (tertiary alicyclic amines) is 1. The molecule has 1 heterocycles. The van der Waals surface area contributed by atoms with Gasteiger partial charge in [-0.05, 0) is 43.3 Å². The first-order valence-corrected chi connectivity index (χ1v) is 9.72. The van der Waals surface area contributed by atoms with E-state index in [0.29, 0.717) is 11.3 Å². The maximum Gasteiger partial charge on any atom is 0.282 e. The van der Waals surface area contributed by atoms with E-state index in [1.54, 1.807) is 38.5 Å². The van der Waals surface area contributed by atoms with Crippen LogP contribution in [-0.2, 0) is 4.79 Å². The molecule has 0 saturated carbocycles. The van der Waals surface area contributed by atoms with E-state index in [1.165, 1.54) is 4.90 Å². The van der Waals surface area contributed by atoms with E-state index in [9.17, 15) is 9.59 Å². The molecule has 3 atom stereocenters. The van der Waals surface area contributed by atoms with Gasteiger partial charge in [0, 0.05) is 30.2 Å². The van der Waals surface area contributed by atoms with Gasteiger partial charge >= 0.3 is 0 Å². The second-order valence-corrected chi connectivity index (χ2v) is 7.28. The van der Waals surface area contributed by atoms with Crippen LogP contribution in [0.3, 0.4) is 0 Å². The smallest absolute Gasteiger partial charge is 0.282 e. The van der Waals surface area contributed by atoms with Gasteiger partial charge in [-0.15, -0.1) is 0 Å². The molecule has 7 heteroatoms. The van der Waals surface area contributed by atoms with Crippen molar-refractivity contribution in [2.24, 2.45) is 5.73 Å². The van der Waals surface area contributed by atoms with Crippen LogP contribution < -0.4 is 25.4 Å². The van der Waals surface area contributed by atoms with Gasteiger partial charge in [0.1, 0.15) is 17.5 Å². The van der Waals surface area contributed by atoms with Gasteiger partial charge in [0.15, 0.2) is 6.04 Å². The minimum absolute atomic E-state index is 0.0637. The Balaban J connectivity index is 1.74. The zero-order valence-corrected chi connectivity index (χ0v) is 17.0. The maximum absolute atomic E-state index is 12.9. The van der Waals surface area contributed by atoms with Crippen molar-refractivity contribution >= 4 is 17.5 Å². The fraction of sp³-hybridized carbons (Fsp3) is 0.364. The molecule has 2 amide bonds. The summed E-state index contributed by atoms with van der Waals surface area (Å²) < 4.78 is 10.9. The van der Waals surface area contributed by atoms with E-state index in [-0.39, 0.29) is 18.0 Å². The molecule has 3 rings (SSSR count). The molecule has 1 aliphatic heterocycles. The van der Waals surface area contributed by atoms with E-state index in [0.717, 1.165) is 36.4 Å². The molecule has 2 aromatic carbocycles. The molecule has 4 N–H and O–H groups in total. The highest BCUT2D eigenvalue weighted by atomic mass is 16.5.